The first-order valence-electron chi connectivity index (χ1n) is 8.97. The van der Waals surface area contributed by atoms with Crippen LogP contribution in [0.15, 0.2) is 48.7 Å². The molecule has 2 aromatic carbocycles. The van der Waals surface area contributed by atoms with Crippen molar-refractivity contribution in [3.63, 3.8) is 0 Å². The van der Waals surface area contributed by atoms with Crippen LogP contribution in [0.1, 0.15) is 39.6 Å². The molecule has 1 aliphatic rings. The molecule has 0 radical (unpaired) electrons. The van der Waals surface area contributed by atoms with E-state index in [0.29, 0.717) is 10.9 Å². The van der Waals surface area contributed by atoms with E-state index >= 15 is 0 Å². The van der Waals surface area contributed by atoms with Gasteiger partial charge >= 0.3 is 6.03 Å². The maximum absolute atomic E-state index is 12.4. The van der Waals surface area contributed by atoms with Crippen molar-refractivity contribution in [3.8, 4) is 5.75 Å². The van der Waals surface area contributed by atoms with Crippen LogP contribution in [0, 0.1) is 6.92 Å². The smallest absolute Gasteiger partial charge is 0.321 e. The second-order valence-corrected chi connectivity index (χ2v) is 7.94. The quantitative estimate of drug-likeness (QED) is 0.622. The van der Waals surface area contributed by atoms with Gasteiger partial charge in [0.25, 0.3) is 0 Å². The van der Waals surface area contributed by atoms with Gasteiger partial charge in [0, 0.05) is 17.5 Å². The molecule has 0 saturated carbocycles. The highest BCUT2D eigenvalue weighted by atomic mass is 32.1. The Balaban J connectivity index is 1.36. The van der Waals surface area contributed by atoms with E-state index in [-0.39, 0.29) is 12.1 Å². The van der Waals surface area contributed by atoms with Crippen molar-refractivity contribution in [3.05, 3.63) is 75.8 Å². The Morgan fingerprint density at radius 3 is 2.89 bits per heavy atom. The number of nitrogens with one attached hydrogen (secondary N) is 2. The maximum atomic E-state index is 12.4. The minimum absolute atomic E-state index is 0.0842. The molecule has 0 saturated heterocycles. The summed E-state index contributed by atoms with van der Waals surface area (Å²) in [6.45, 7) is 2.07. The molecular weight excluding hydrogens is 358 g/mol. The van der Waals surface area contributed by atoms with Gasteiger partial charge in [0.2, 0.25) is 0 Å². The van der Waals surface area contributed by atoms with Gasteiger partial charge in [0.1, 0.15) is 5.75 Å². The van der Waals surface area contributed by atoms with Crippen molar-refractivity contribution >= 4 is 22.5 Å². The first-order valence-corrected chi connectivity index (χ1v) is 9.78. The number of aromatic nitrogens is 1. The van der Waals surface area contributed by atoms with E-state index in [9.17, 15) is 9.90 Å². The minimum atomic E-state index is -0.271. The van der Waals surface area contributed by atoms with Gasteiger partial charge in [0.05, 0.1) is 6.04 Å². The SMILES string of the molecule is Cc1ccc(Cc2cnc(NC(=O)N[C@H]3CCc4c(O)cccc43)s2)cc1. The van der Waals surface area contributed by atoms with Crippen LogP contribution < -0.4 is 10.6 Å². The highest BCUT2D eigenvalue weighted by Crippen LogP contribution is 2.36. The molecule has 5 nitrogen and oxygen atoms in total. The van der Waals surface area contributed by atoms with Crippen molar-refractivity contribution < 1.29 is 9.90 Å². The van der Waals surface area contributed by atoms with E-state index in [2.05, 4.69) is 46.8 Å². The lowest BCUT2D eigenvalue weighted by Gasteiger charge is -2.14. The summed E-state index contributed by atoms with van der Waals surface area (Å²) in [5.74, 6) is 0.304. The number of carbonyl (C=O) groups is 1. The molecule has 1 aromatic heterocycles. The summed E-state index contributed by atoms with van der Waals surface area (Å²) in [6, 6.07) is 13.5. The lowest BCUT2D eigenvalue weighted by molar-refractivity contribution is 0.248. The fourth-order valence-electron chi connectivity index (χ4n) is 3.43. The van der Waals surface area contributed by atoms with Gasteiger partial charge in [-0.1, -0.05) is 42.0 Å². The fraction of sp³-hybridized carbons (Fsp3) is 0.238. The monoisotopic (exact) mass is 379 g/mol. The van der Waals surface area contributed by atoms with Gasteiger partial charge in [-0.15, -0.1) is 11.3 Å². The summed E-state index contributed by atoms with van der Waals surface area (Å²) in [4.78, 5) is 17.8. The van der Waals surface area contributed by atoms with Gasteiger partial charge in [0.15, 0.2) is 5.13 Å². The second kappa shape index (κ2) is 7.40. The van der Waals surface area contributed by atoms with E-state index < -0.39 is 0 Å². The molecule has 1 heterocycles. The topological polar surface area (TPSA) is 74.2 Å². The van der Waals surface area contributed by atoms with Gasteiger partial charge in [-0.2, -0.15) is 0 Å². The predicted molar refractivity (Wildman–Crippen MR) is 107 cm³/mol. The van der Waals surface area contributed by atoms with Crippen molar-refractivity contribution in [1.29, 1.82) is 0 Å². The fourth-order valence-corrected chi connectivity index (χ4v) is 4.27. The number of benzene rings is 2. The van der Waals surface area contributed by atoms with Crippen LogP contribution in [-0.4, -0.2) is 16.1 Å². The number of aromatic hydroxyl groups is 1. The van der Waals surface area contributed by atoms with Crippen LogP contribution in [0.4, 0.5) is 9.93 Å². The molecule has 4 rings (SSSR count). The molecule has 0 aliphatic heterocycles. The number of urea groups is 1. The Hall–Kier alpha value is -2.86. The number of phenolic OH excluding ortho intramolecular Hbond substituents is 1. The largest absolute Gasteiger partial charge is 0.508 e. The number of carbonyl (C=O) groups excluding carboxylic acids is 1. The average Bonchev–Trinajstić information content (AvgIpc) is 3.25. The molecule has 3 aromatic rings. The summed E-state index contributed by atoms with van der Waals surface area (Å²) >= 11 is 1.48. The lowest BCUT2D eigenvalue weighted by atomic mass is 10.1. The summed E-state index contributed by atoms with van der Waals surface area (Å²) in [5.41, 5.74) is 4.38. The van der Waals surface area contributed by atoms with Crippen LogP contribution in [0.3, 0.4) is 0 Å². The van der Waals surface area contributed by atoms with E-state index in [4.69, 9.17) is 0 Å². The number of anilines is 1. The lowest BCUT2D eigenvalue weighted by Crippen LogP contribution is -2.31. The zero-order valence-electron chi connectivity index (χ0n) is 15.0. The minimum Gasteiger partial charge on any atom is -0.508 e. The molecule has 1 aliphatic carbocycles. The Morgan fingerprint density at radius 1 is 1.26 bits per heavy atom. The van der Waals surface area contributed by atoms with E-state index in [0.717, 1.165) is 35.3 Å². The zero-order chi connectivity index (χ0) is 18.8. The van der Waals surface area contributed by atoms with Crippen molar-refractivity contribution in [2.24, 2.45) is 0 Å². The van der Waals surface area contributed by atoms with E-state index in [1.165, 1.54) is 22.5 Å². The van der Waals surface area contributed by atoms with Crippen LogP contribution in [0.25, 0.3) is 0 Å². The Bertz CT molecular complexity index is 966. The van der Waals surface area contributed by atoms with Crippen molar-refractivity contribution in [2.75, 3.05) is 5.32 Å². The number of hydrogen-bond donors (Lipinski definition) is 3. The van der Waals surface area contributed by atoms with Gasteiger partial charge in [-0.25, -0.2) is 9.78 Å². The molecule has 6 heteroatoms. The van der Waals surface area contributed by atoms with E-state index in [1.807, 2.05) is 18.3 Å². The third-order valence-electron chi connectivity index (χ3n) is 4.82. The van der Waals surface area contributed by atoms with Crippen LogP contribution in [0.5, 0.6) is 5.75 Å². The molecule has 0 fully saturated rings. The van der Waals surface area contributed by atoms with Crippen LogP contribution in [-0.2, 0) is 12.8 Å². The van der Waals surface area contributed by atoms with E-state index in [1.54, 1.807) is 6.07 Å². The number of aryl methyl sites for hydroxylation is 1. The zero-order valence-corrected chi connectivity index (χ0v) is 15.8. The number of rotatable bonds is 4. The molecule has 0 spiro atoms. The summed E-state index contributed by atoms with van der Waals surface area (Å²) in [7, 11) is 0. The van der Waals surface area contributed by atoms with Crippen LogP contribution >= 0.6 is 11.3 Å². The highest BCUT2D eigenvalue weighted by Gasteiger charge is 2.26. The molecule has 0 unspecified atom stereocenters. The highest BCUT2D eigenvalue weighted by molar-refractivity contribution is 7.15. The number of phenols is 1. The number of hydrogen-bond acceptors (Lipinski definition) is 4. The summed E-state index contributed by atoms with van der Waals surface area (Å²) < 4.78 is 0. The van der Waals surface area contributed by atoms with Crippen molar-refractivity contribution in [1.82, 2.24) is 10.3 Å². The normalized spacial score (nSPS) is 15.4. The number of amides is 2. The Morgan fingerprint density at radius 2 is 2.07 bits per heavy atom. The molecule has 2 amide bonds. The number of fused-ring (bicyclic) bond motifs is 1. The number of thiazole rings is 1. The molecule has 138 valence electrons. The number of nitrogens with zero attached hydrogens (tertiary/aromatic N) is 1. The third-order valence-corrected chi connectivity index (χ3v) is 5.74. The van der Waals surface area contributed by atoms with Crippen LogP contribution in [0.2, 0.25) is 0 Å². The molecule has 1 atom stereocenters. The summed E-state index contributed by atoms with van der Waals surface area (Å²) in [6.07, 6.45) is 4.17. The second-order valence-electron chi connectivity index (χ2n) is 6.83. The molecular formula is C21H21N3O2S. The molecule has 27 heavy (non-hydrogen) atoms. The van der Waals surface area contributed by atoms with Crippen molar-refractivity contribution in [2.45, 2.75) is 32.2 Å². The summed E-state index contributed by atoms with van der Waals surface area (Å²) in [5, 5.41) is 16.3. The Labute approximate surface area is 162 Å². The first kappa shape index (κ1) is 17.5. The Kier molecular flexibility index (Phi) is 4.81. The molecule has 3 N–H and O–H groups in total. The average molecular weight is 379 g/mol. The van der Waals surface area contributed by atoms with Gasteiger partial charge in [-0.05, 0) is 42.5 Å². The standard InChI is InChI=1S/C21H21N3O2S/c1-13-5-7-14(8-6-13)11-15-12-22-21(27-15)24-20(26)23-18-10-9-17-16(18)3-2-4-19(17)25/h2-8,12,18,25H,9-11H2,1H3,(H2,22,23,24,26)/t18-/m0/s1. The van der Waals surface area contributed by atoms with Gasteiger partial charge in [-0.3, -0.25) is 5.32 Å². The predicted octanol–water partition coefficient (Wildman–Crippen LogP) is 4.56. The van der Waals surface area contributed by atoms with Gasteiger partial charge < -0.3 is 10.4 Å². The first-order chi connectivity index (χ1) is 13.1. The molecule has 0 bridgehead atoms. The third kappa shape index (κ3) is 3.95. The maximum Gasteiger partial charge on any atom is 0.321 e.